The molecule has 1 saturated carbocycles. The van der Waals surface area contributed by atoms with Crippen molar-refractivity contribution < 1.29 is 22.7 Å². The summed E-state index contributed by atoms with van der Waals surface area (Å²) in [4.78, 5) is 12.6. The number of methoxy groups -OCH3 is 1. The normalized spacial score (nSPS) is 22.1. The van der Waals surface area contributed by atoms with E-state index in [0.717, 1.165) is 36.8 Å². The topological polar surface area (TPSA) is 68.2 Å². The molecule has 1 fully saturated rings. The molecule has 9 heteroatoms. The van der Waals surface area contributed by atoms with E-state index in [1.165, 1.54) is 13.2 Å². The van der Waals surface area contributed by atoms with Crippen molar-refractivity contribution in [3.05, 3.63) is 41.6 Å². The number of hydrogen-bond acceptors (Lipinski definition) is 4. The molecular weight excluding hydrogens is 397 g/mol. The predicted octanol–water partition coefficient (Wildman–Crippen LogP) is 4.61. The van der Waals surface area contributed by atoms with Gasteiger partial charge >= 0.3 is 6.18 Å². The average Bonchev–Trinajstić information content (AvgIpc) is 3.17. The summed E-state index contributed by atoms with van der Waals surface area (Å²) in [6.07, 6.45) is 0.330. The molecule has 1 aliphatic heterocycles. The fourth-order valence-corrected chi connectivity index (χ4v) is 4.25. The van der Waals surface area contributed by atoms with E-state index in [-0.39, 0.29) is 24.0 Å². The number of halogens is 3. The maximum atomic E-state index is 13.8. The van der Waals surface area contributed by atoms with Gasteiger partial charge in [0.05, 0.1) is 13.2 Å². The van der Waals surface area contributed by atoms with Crippen molar-refractivity contribution >= 4 is 11.7 Å². The van der Waals surface area contributed by atoms with E-state index in [2.05, 4.69) is 15.7 Å². The highest BCUT2D eigenvalue weighted by Crippen LogP contribution is 2.43. The number of hydrogen-bond donors (Lipinski definition) is 2. The van der Waals surface area contributed by atoms with Crippen LogP contribution < -0.4 is 15.4 Å². The second kappa shape index (κ2) is 8.20. The smallest absolute Gasteiger partial charge is 0.410 e. The molecule has 0 spiro atoms. The number of aromatic nitrogens is 2. The summed E-state index contributed by atoms with van der Waals surface area (Å²) in [6.45, 7) is 0. The van der Waals surface area contributed by atoms with Gasteiger partial charge in [0.1, 0.15) is 11.6 Å². The van der Waals surface area contributed by atoms with Gasteiger partial charge in [0.25, 0.3) is 5.91 Å². The molecule has 0 radical (unpaired) electrons. The Bertz CT molecular complexity index is 889. The molecule has 0 unspecified atom stereocenters. The number of carbonyl (C=O) groups is 1. The van der Waals surface area contributed by atoms with E-state index in [1.54, 1.807) is 24.3 Å². The van der Waals surface area contributed by atoms with Crippen LogP contribution in [0.15, 0.2) is 30.3 Å². The largest absolute Gasteiger partial charge is 0.497 e. The number of carbonyl (C=O) groups excluding carboxylic acids is 1. The monoisotopic (exact) mass is 422 g/mol. The molecule has 4 rings (SSSR count). The van der Waals surface area contributed by atoms with Crippen molar-refractivity contribution in [3.63, 3.8) is 0 Å². The van der Waals surface area contributed by atoms with Gasteiger partial charge in [-0.25, -0.2) is 4.68 Å². The van der Waals surface area contributed by atoms with Crippen LogP contribution in [-0.4, -0.2) is 35.0 Å². The van der Waals surface area contributed by atoms with Gasteiger partial charge in [-0.05, 0) is 30.5 Å². The molecule has 1 aliphatic carbocycles. The highest BCUT2D eigenvalue weighted by Gasteiger charge is 2.46. The van der Waals surface area contributed by atoms with Gasteiger partial charge in [0, 0.05) is 18.5 Å². The molecule has 2 aliphatic rings. The molecule has 1 amide bonds. The lowest BCUT2D eigenvalue weighted by atomic mass is 9.95. The van der Waals surface area contributed by atoms with E-state index in [0.29, 0.717) is 11.3 Å². The first-order chi connectivity index (χ1) is 14.3. The number of amides is 1. The summed E-state index contributed by atoms with van der Waals surface area (Å²) >= 11 is 0. The molecule has 162 valence electrons. The van der Waals surface area contributed by atoms with Crippen molar-refractivity contribution in [3.8, 4) is 5.75 Å². The Balaban J connectivity index is 1.58. The lowest BCUT2D eigenvalue weighted by Crippen LogP contribution is -2.37. The van der Waals surface area contributed by atoms with Gasteiger partial charge in [-0.15, -0.1) is 0 Å². The van der Waals surface area contributed by atoms with Crippen LogP contribution in [0.25, 0.3) is 0 Å². The molecule has 1 aromatic carbocycles. The first-order valence-electron chi connectivity index (χ1n) is 10.2. The molecule has 1 aromatic heterocycles. The van der Waals surface area contributed by atoms with Crippen LogP contribution in [0.1, 0.15) is 66.7 Å². The lowest BCUT2D eigenvalue weighted by Gasteiger charge is -2.33. The van der Waals surface area contributed by atoms with Crippen LogP contribution in [0.3, 0.4) is 0 Å². The van der Waals surface area contributed by atoms with Gasteiger partial charge in [0.15, 0.2) is 11.7 Å². The summed E-state index contributed by atoms with van der Waals surface area (Å²) in [5, 5.41) is 10.0. The second-order valence-electron chi connectivity index (χ2n) is 7.93. The Morgan fingerprint density at radius 2 is 1.90 bits per heavy atom. The van der Waals surface area contributed by atoms with E-state index in [1.807, 2.05) is 0 Å². The van der Waals surface area contributed by atoms with Crippen molar-refractivity contribution in [2.75, 3.05) is 12.4 Å². The average molecular weight is 422 g/mol. The molecule has 2 heterocycles. The molecular formula is C21H25F3N4O2. The highest BCUT2D eigenvalue weighted by atomic mass is 19.4. The number of nitrogens with zero attached hydrogens (tertiary/aromatic N) is 2. The molecule has 0 bridgehead atoms. The number of anilines is 1. The van der Waals surface area contributed by atoms with Crippen LogP contribution in [0.4, 0.5) is 19.0 Å². The molecule has 2 atom stereocenters. The summed E-state index contributed by atoms with van der Waals surface area (Å²) in [5.41, 5.74) is 0.721. The molecule has 0 saturated heterocycles. The Morgan fingerprint density at radius 1 is 1.20 bits per heavy atom. The number of alkyl halides is 3. The van der Waals surface area contributed by atoms with Gasteiger partial charge < -0.3 is 15.4 Å². The number of ether oxygens (including phenoxy) is 1. The van der Waals surface area contributed by atoms with Crippen LogP contribution in [0.2, 0.25) is 0 Å². The third-order valence-corrected chi connectivity index (χ3v) is 5.88. The van der Waals surface area contributed by atoms with Gasteiger partial charge in [-0.2, -0.15) is 18.3 Å². The maximum Gasteiger partial charge on any atom is 0.410 e. The number of benzene rings is 1. The summed E-state index contributed by atoms with van der Waals surface area (Å²) in [6, 6.07) is 6.02. The minimum Gasteiger partial charge on any atom is -0.497 e. The van der Waals surface area contributed by atoms with Crippen molar-refractivity contribution in [1.82, 2.24) is 15.1 Å². The minimum atomic E-state index is -4.48. The third kappa shape index (κ3) is 4.24. The first kappa shape index (κ1) is 20.6. The quantitative estimate of drug-likeness (QED) is 0.755. The standard InChI is InChI=1S/C21H25F3N4O2/c1-30-15-9-7-13(8-10-15)16-11-18(21(22,23)24)28-19(26-16)12-17(27-28)20(29)25-14-5-3-2-4-6-14/h7-10,12,14,16,18,26H,2-6,11H2,1H3,(H,25,29)/t16-,18+/m1/s1. The zero-order chi connectivity index (χ0) is 21.3. The predicted molar refractivity (Wildman–Crippen MR) is 106 cm³/mol. The van der Waals surface area contributed by atoms with Gasteiger partial charge in [-0.3, -0.25) is 4.79 Å². The Kier molecular flexibility index (Phi) is 5.62. The van der Waals surface area contributed by atoms with Gasteiger partial charge in [0.2, 0.25) is 0 Å². The Morgan fingerprint density at radius 3 is 2.53 bits per heavy atom. The van der Waals surface area contributed by atoms with E-state index in [9.17, 15) is 18.0 Å². The van der Waals surface area contributed by atoms with Crippen LogP contribution in [0.5, 0.6) is 5.75 Å². The van der Waals surface area contributed by atoms with Crippen molar-refractivity contribution in [2.45, 2.75) is 62.8 Å². The Labute approximate surface area is 172 Å². The zero-order valence-corrected chi connectivity index (χ0v) is 16.7. The molecule has 2 N–H and O–H groups in total. The van der Waals surface area contributed by atoms with Crippen molar-refractivity contribution in [1.29, 1.82) is 0 Å². The number of rotatable bonds is 4. The van der Waals surface area contributed by atoms with Gasteiger partial charge in [-0.1, -0.05) is 31.4 Å². The first-order valence-corrected chi connectivity index (χ1v) is 10.2. The highest BCUT2D eigenvalue weighted by molar-refractivity contribution is 5.93. The molecule has 6 nitrogen and oxygen atoms in total. The van der Waals surface area contributed by atoms with E-state index >= 15 is 0 Å². The second-order valence-corrected chi connectivity index (χ2v) is 7.93. The molecule has 2 aromatic rings. The van der Waals surface area contributed by atoms with Crippen LogP contribution in [-0.2, 0) is 0 Å². The third-order valence-electron chi connectivity index (χ3n) is 5.88. The van der Waals surface area contributed by atoms with E-state index < -0.39 is 24.2 Å². The Hall–Kier alpha value is -2.71. The number of nitrogens with one attached hydrogen (secondary N) is 2. The van der Waals surface area contributed by atoms with Crippen LogP contribution >= 0.6 is 0 Å². The fraction of sp³-hybridized carbons (Fsp3) is 0.524. The fourth-order valence-electron chi connectivity index (χ4n) is 4.25. The lowest BCUT2D eigenvalue weighted by molar-refractivity contribution is -0.173. The SMILES string of the molecule is COc1ccc([C@H]2C[C@@H](C(F)(F)F)n3nc(C(=O)NC4CCCCC4)cc3N2)cc1. The zero-order valence-electron chi connectivity index (χ0n) is 16.7. The molecule has 30 heavy (non-hydrogen) atoms. The maximum absolute atomic E-state index is 13.8. The van der Waals surface area contributed by atoms with Crippen LogP contribution in [0, 0.1) is 0 Å². The van der Waals surface area contributed by atoms with E-state index in [4.69, 9.17) is 4.74 Å². The minimum absolute atomic E-state index is 0.00713. The summed E-state index contributed by atoms with van der Waals surface area (Å²) in [7, 11) is 1.53. The van der Waals surface area contributed by atoms with Crippen molar-refractivity contribution in [2.24, 2.45) is 0 Å². The number of fused-ring (bicyclic) bond motifs is 1. The summed E-state index contributed by atoms with van der Waals surface area (Å²) in [5.74, 6) is 0.402. The summed E-state index contributed by atoms with van der Waals surface area (Å²) < 4.78 is 47.4.